The predicted octanol–water partition coefficient (Wildman–Crippen LogP) is 3.87. The maximum atomic E-state index is 13.3. The summed E-state index contributed by atoms with van der Waals surface area (Å²) in [6.07, 6.45) is 0. The quantitative estimate of drug-likeness (QED) is 0.406. The summed E-state index contributed by atoms with van der Waals surface area (Å²) in [6, 6.07) is 16.9. The molecule has 0 saturated heterocycles. The van der Waals surface area contributed by atoms with Gasteiger partial charge in [0.15, 0.2) is 0 Å². The van der Waals surface area contributed by atoms with Crippen molar-refractivity contribution in [2.75, 3.05) is 12.9 Å². The molecule has 1 N–H and O–H groups in total. The highest BCUT2D eigenvalue weighted by atomic mass is 32.2. The van der Waals surface area contributed by atoms with Crippen molar-refractivity contribution < 1.29 is 13.9 Å². The first-order valence-corrected chi connectivity index (χ1v) is 11.1. The van der Waals surface area contributed by atoms with Crippen molar-refractivity contribution in [2.24, 2.45) is 0 Å². The van der Waals surface area contributed by atoms with Crippen LogP contribution in [0.15, 0.2) is 71.2 Å². The number of carbonyl (C=O) groups is 1. The third-order valence-corrected chi connectivity index (χ3v) is 6.28. The van der Waals surface area contributed by atoms with Crippen molar-refractivity contribution in [1.82, 2.24) is 25.5 Å². The molecule has 10 heteroatoms. The van der Waals surface area contributed by atoms with Crippen molar-refractivity contribution in [3.05, 3.63) is 82.3 Å². The number of carbonyl (C=O) groups excluding carboxylic acids is 1. The number of thioether (sulfide) groups is 1. The number of ether oxygens (including phenoxy) is 1. The zero-order chi connectivity index (χ0) is 21.6. The number of rotatable bonds is 8. The molecule has 4 rings (SSSR count). The van der Waals surface area contributed by atoms with Crippen LogP contribution < -0.4 is 10.1 Å². The maximum absolute atomic E-state index is 13.3. The van der Waals surface area contributed by atoms with Crippen LogP contribution in [0.2, 0.25) is 0 Å². The van der Waals surface area contributed by atoms with Crippen LogP contribution in [0.25, 0.3) is 5.69 Å². The summed E-state index contributed by atoms with van der Waals surface area (Å²) in [5.41, 5.74) is 1.57. The van der Waals surface area contributed by atoms with Crippen molar-refractivity contribution >= 4 is 29.0 Å². The van der Waals surface area contributed by atoms with E-state index in [0.29, 0.717) is 5.16 Å². The molecule has 0 aliphatic carbocycles. The highest BCUT2D eigenvalue weighted by Crippen LogP contribution is 2.27. The lowest BCUT2D eigenvalue weighted by Crippen LogP contribution is -2.30. The van der Waals surface area contributed by atoms with Crippen LogP contribution in [0.4, 0.5) is 4.39 Å². The molecule has 31 heavy (non-hydrogen) atoms. The Morgan fingerprint density at radius 2 is 1.97 bits per heavy atom. The van der Waals surface area contributed by atoms with E-state index >= 15 is 0 Å². The number of thiophene rings is 1. The second-order valence-corrected chi connectivity index (χ2v) is 8.35. The number of methoxy groups -OCH3 is 1. The normalized spacial score (nSPS) is 11.8. The molecule has 1 amide bonds. The molecule has 2 aromatic heterocycles. The van der Waals surface area contributed by atoms with Gasteiger partial charge in [-0.2, -0.15) is 4.68 Å². The topological polar surface area (TPSA) is 81.9 Å². The van der Waals surface area contributed by atoms with Gasteiger partial charge in [-0.3, -0.25) is 4.79 Å². The fourth-order valence-electron chi connectivity index (χ4n) is 2.92. The number of nitrogens with zero attached hydrogens (tertiary/aromatic N) is 4. The molecule has 2 aromatic carbocycles. The summed E-state index contributed by atoms with van der Waals surface area (Å²) in [6.45, 7) is 0. The summed E-state index contributed by atoms with van der Waals surface area (Å²) >= 11 is 2.76. The van der Waals surface area contributed by atoms with E-state index in [1.807, 2.05) is 41.8 Å². The molecule has 0 fully saturated rings. The third-order valence-electron chi connectivity index (χ3n) is 4.43. The summed E-state index contributed by atoms with van der Waals surface area (Å²) in [5.74, 6) is 0.350. The van der Waals surface area contributed by atoms with Crippen LogP contribution in [0.3, 0.4) is 0 Å². The molecule has 0 aliphatic rings. The number of amides is 1. The first kappa shape index (κ1) is 21.0. The molecule has 0 bridgehead atoms. The highest BCUT2D eigenvalue weighted by Gasteiger charge is 2.19. The van der Waals surface area contributed by atoms with E-state index in [0.717, 1.165) is 21.9 Å². The fraction of sp³-hybridized carbons (Fsp3) is 0.143. The van der Waals surface area contributed by atoms with E-state index in [1.165, 1.54) is 35.2 Å². The number of hydrogen-bond donors (Lipinski definition) is 1. The van der Waals surface area contributed by atoms with Crippen LogP contribution in [0.1, 0.15) is 16.5 Å². The van der Waals surface area contributed by atoms with Gasteiger partial charge in [0.05, 0.1) is 24.6 Å². The van der Waals surface area contributed by atoms with Crippen LogP contribution in [0, 0.1) is 5.82 Å². The number of hydrogen-bond acceptors (Lipinski definition) is 7. The van der Waals surface area contributed by atoms with Gasteiger partial charge in [0.1, 0.15) is 11.6 Å². The molecule has 0 saturated carbocycles. The Bertz CT molecular complexity index is 1130. The average molecular weight is 456 g/mol. The minimum absolute atomic E-state index is 0.125. The van der Waals surface area contributed by atoms with Crippen molar-refractivity contribution in [1.29, 1.82) is 0 Å². The van der Waals surface area contributed by atoms with Gasteiger partial charge in [0.2, 0.25) is 11.1 Å². The van der Waals surface area contributed by atoms with Gasteiger partial charge in [0, 0.05) is 4.88 Å². The zero-order valence-electron chi connectivity index (χ0n) is 16.4. The first-order valence-electron chi connectivity index (χ1n) is 9.28. The average Bonchev–Trinajstić information content (AvgIpc) is 3.49. The lowest BCUT2D eigenvalue weighted by molar-refractivity contribution is -0.119. The monoisotopic (exact) mass is 455 g/mol. The number of benzene rings is 2. The number of nitrogens with one attached hydrogen (secondary N) is 1. The van der Waals surface area contributed by atoms with Gasteiger partial charge in [-0.05, 0) is 63.8 Å². The van der Waals surface area contributed by atoms with Gasteiger partial charge < -0.3 is 10.1 Å². The molecule has 0 spiro atoms. The molecule has 0 unspecified atom stereocenters. The number of tetrazole rings is 1. The predicted molar refractivity (Wildman–Crippen MR) is 117 cm³/mol. The summed E-state index contributed by atoms with van der Waals surface area (Å²) in [7, 11) is 1.60. The Hall–Kier alpha value is -3.24. The molecular formula is C21H18FN5O2S2. The van der Waals surface area contributed by atoms with Crippen LogP contribution in [-0.4, -0.2) is 39.0 Å². The minimum Gasteiger partial charge on any atom is -0.497 e. The first-order chi connectivity index (χ1) is 15.1. The standard InChI is InChI=1S/C21H18FN5O2S2/c1-29-17-10-8-16(9-11-17)27-21(24-25-26-27)31-13-19(28)23-20(18-3-2-12-30-18)14-4-6-15(22)7-5-14/h2-12,20H,13H2,1H3,(H,23,28)/t20-/m0/s1. The van der Waals surface area contributed by atoms with Gasteiger partial charge >= 0.3 is 0 Å². The summed E-state index contributed by atoms with van der Waals surface area (Å²) in [5, 5.41) is 17.2. The van der Waals surface area contributed by atoms with E-state index in [1.54, 1.807) is 23.9 Å². The fourth-order valence-corrected chi connectivity index (χ4v) is 4.42. The molecular weight excluding hydrogens is 437 g/mol. The van der Waals surface area contributed by atoms with Crippen molar-refractivity contribution in [3.8, 4) is 11.4 Å². The Morgan fingerprint density at radius 1 is 1.19 bits per heavy atom. The lowest BCUT2D eigenvalue weighted by atomic mass is 10.1. The second-order valence-electron chi connectivity index (χ2n) is 6.43. The molecule has 7 nitrogen and oxygen atoms in total. The summed E-state index contributed by atoms with van der Waals surface area (Å²) in [4.78, 5) is 13.7. The van der Waals surface area contributed by atoms with Crippen LogP contribution in [-0.2, 0) is 4.79 Å². The lowest BCUT2D eigenvalue weighted by Gasteiger charge is -2.18. The molecule has 0 radical (unpaired) electrons. The third kappa shape index (κ3) is 5.09. The van der Waals surface area contributed by atoms with Crippen LogP contribution >= 0.6 is 23.1 Å². The number of halogens is 1. The Labute approximate surface area is 186 Å². The summed E-state index contributed by atoms with van der Waals surface area (Å²) < 4.78 is 20.1. The van der Waals surface area contributed by atoms with Gasteiger partial charge in [0.25, 0.3) is 0 Å². The van der Waals surface area contributed by atoms with Crippen molar-refractivity contribution in [2.45, 2.75) is 11.2 Å². The van der Waals surface area contributed by atoms with E-state index < -0.39 is 0 Å². The van der Waals surface area contributed by atoms with E-state index in [2.05, 4.69) is 20.8 Å². The van der Waals surface area contributed by atoms with Gasteiger partial charge in [-0.1, -0.05) is 30.0 Å². The van der Waals surface area contributed by atoms with Crippen LogP contribution in [0.5, 0.6) is 5.75 Å². The van der Waals surface area contributed by atoms with Gasteiger partial charge in [-0.25, -0.2) is 4.39 Å². The Kier molecular flexibility index (Phi) is 6.58. The smallest absolute Gasteiger partial charge is 0.231 e. The molecule has 158 valence electrons. The van der Waals surface area contributed by atoms with E-state index in [4.69, 9.17) is 4.74 Å². The van der Waals surface area contributed by atoms with Gasteiger partial charge in [-0.15, -0.1) is 16.4 Å². The molecule has 2 heterocycles. The number of aromatic nitrogens is 4. The SMILES string of the molecule is COc1ccc(-n2nnnc2SCC(=O)N[C@@H](c2ccc(F)cc2)c2cccs2)cc1. The highest BCUT2D eigenvalue weighted by molar-refractivity contribution is 7.99. The second kappa shape index (κ2) is 9.71. The Morgan fingerprint density at radius 3 is 2.65 bits per heavy atom. The van der Waals surface area contributed by atoms with E-state index in [9.17, 15) is 9.18 Å². The molecule has 0 aliphatic heterocycles. The molecule has 4 aromatic rings. The van der Waals surface area contributed by atoms with Crippen molar-refractivity contribution in [3.63, 3.8) is 0 Å². The largest absolute Gasteiger partial charge is 0.497 e. The Balaban J connectivity index is 1.45. The zero-order valence-corrected chi connectivity index (χ0v) is 18.1. The minimum atomic E-state index is -0.355. The molecule has 1 atom stereocenters. The van der Waals surface area contributed by atoms with E-state index in [-0.39, 0.29) is 23.5 Å². The maximum Gasteiger partial charge on any atom is 0.231 e.